The molecule has 0 spiro atoms. The highest BCUT2D eigenvalue weighted by Gasteiger charge is 2.36. The molecule has 33 heavy (non-hydrogen) atoms. The van der Waals surface area contributed by atoms with Gasteiger partial charge in [0.25, 0.3) is 0 Å². The second-order valence-electron chi connectivity index (χ2n) is 7.66. The molecule has 0 saturated carbocycles. The van der Waals surface area contributed by atoms with E-state index >= 15 is 0 Å². The van der Waals surface area contributed by atoms with Gasteiger partial charge in [0.1, 0.15) is 17.2 Å². The number of rotatable bonds is 9. The minimum absolute atomic E-state index is 0.0162. The summed E-state index contributed by atoms with van der Waals surface area (Å²) in [5, 5.41) is 0. The Balaban J connectivity index is 1.61. The zero-order chi connectivity index (χ0) is 23.8. The number of alkyl halides is 2. The number of halogens is 2. The van der Waals surface area contributed by atoms with Crippen LogP contribution in [0, 0.1) is 18.3 Å². The maximum atomic E-state index is 13.7. The number of para-hydroxylation sites is 1. The summed E-state index contributed by atoms with van der Waals surface area (Å²) in [6.07, 6.45) is 1.35. The quantitative estimate of drug-likeness (QED) is 0.273. The van der Waals surface area contributed by atoms with Crippen LogP contribution in [-0.2, 0) is 16.0 Å². The molecule has 3 aromatic rings. The topological polar surface area (TPSA) is 44.8 Å². The van der Waals surface area contributed by atoms with E-state index in [1.54, 1.807) is 24.3 Å². The van der Waals surface area contributed by atoms with Gasteiger partial charge in [-0.05, 0) is 42.0 Å². The molecule has 0 N–H and O–H groups in total. The van der Waals surface area contributed by atoms with Gasteiger partial charge in [-0.3, -0.25) is 4.79 Å². The van der Waals surface area contributed by atoms with Gasteiger partial charge in [-0.1, -0.05) is 62.2 Å². The Bertz CT molecular complexity index is 1100. The maximum absolute atomic E-state index is 13.7. The molecule has 0 aromatic heterocycles. The summed E-state index contributed by atoms with van der Waals surface area (Å²) in [6.45, 7) is 2.74. The SMILES string of the molecule is C#CC(OC(=O)Cc1ccc(OC(F)(F)C(C)C)cc1)c1cccc(Oc2ccccc2)c1. The first kappa shape index (κ1) is 23.8. The molecule has 0 saturated heterocycles. The molecule has 4 nitrogen and oxygen atoms in total. The van der Waals surface area contributed by atoms with Crippen LogP contribution >= 0.6 is 0 Å². The number of carbonyl (C=O) groups is 1. The maximum Gasteiger partial charge on any atom is 0.400 e. The Hall–Kier alpha value is -3.85. The lowest BCUT2D eigenvalue weighted by Gasteiger charge is -2.21. The third-order valence-corrected chi connectivity index (χ3v) is 4.74. The van der Waals surface area contributed by atoms with Gasteiger partial charge in [0.15, 0.2) is 6.10 Å². The van der Waals surface area contributed by atoms with Crippen molar-refractivity contribution in [3.63, 3.8) is 0 Å². The summed E-state index contributed by atoms with van der Waals surface area (Å²) in [7, 11) is 0. The summed E-state index contributed by atoms with van der Waals surface area (Å²) < 4.78 is 43.4. The van der Waals surface area contributed by atoms with Crippen molar-refractivity contribution in [2.75, 3.05) is 0 Å². The minimum Gasteiger partial charge on any atom is -0.457 e. The van der Waals surface area contributed by atoms with Crippen LogP contribution in [0.3, 0.4) is 0 Å². The highest BCUT2D eigenvalue weighted by atomic mass is 19.3. The van der Waals surface area contributed by atoms with E-state index in [9.17, 15) is 13.6 Å². The molecule has 1 unspecified atom stereocenters. The van der Waals surface area contributed by atoms with Gasteiger partial charge < -0.3 is 14.2 Å². The van der Waals surface area contributed by atoms with Crippen molar-refractivity contribution in [2.45, 2.75) is 32.5 Å². The third-order valence-electron chi connectivity index (χ3n) is 4.74. The van der Waals surface area contributed by atoms with E-state index in [-0.39, 0.29) is 12.2 Å². The van der Waals surface area contributed by atoms with Crippen molar-refractivity contribution in [2.24, 2.45) is 5.92 Å². The number of benzene rings is 3. The molecule has 0 radical (unpaired) electrons. The summed E-state index contributed by atoms with van der Waals surface area (Å²) >= 11 is 0. The van der Waals surface area contributed by atoms with Crippen LogP contribution in [-0.4, -0.2) is 12.1 Å². The van der Waals surface area contributed by atoms with Crippen LogP contribution in [0.2, 0.25) is 0 Å². The lowest BCUT2D eigenvalue weighted by molar-refractivity contribution is -0.207. The van der Waals surface area contributed by atoms with Crippen LogP contribution < -0.4 is 9.47 Å². The molecular weight excluding hydrogens is 426 g/mol. The van der Waals surface area contributed by atoms with Crippen LogP contribution in [0.15, 0.2) is 78.9 Å². The Morgan fingerprint density at radius 3 is 2.24 bits per heavy atom. The second-order valence-corrected chi connectivity index (χ2v) is 7.66. The zero-order valence-corrected chi connectivity index (χ0v) is 18.3. The molecule has 1 atom stereocenters. The van der Waals surface area contributed by atoms with Crippen molar-refractivity contribution in [3.05, 3.63) is 90.0 Å². The molecule has 0 heterocycles. The largest absolute Gasteiger partial charge is 0.457 e. The molecule has 3 aromatic carbocycles. The number of hydrogen-bond donors (Lipinski definition) is 0. The predicted molar refractivity (Wildman–Crippen MR) is 121 cm³/mol. The van der Waals surface area contributed by atoms with Gasteiger partial charge in [-0.2, -0.15) is 8.78 Å². The van der Waals surface area contributed by atoms with E-state index < -0.39 is 24.1 Å². The van der Waals surface area contributed by atoms with Gasteiger partial charge >= 0.3 is 12.1 Å². The molecule has 0 fully saturated rings. The summed E-state index contributed by atoms with van der Waals surface area (Å²) in [5.41, 5.74) is 1.18. The summed E-state index contributed by atoms with van der Waals surface area (Å²) in [4.78, 5) is 12.4. The fourth-order valence-corrected chi connectivity index (χ4v) is 2.85. The van der Waals surface area contributed by atoms with Gasteiger partial charge in [-0.15, -0.1) is 6.42 Å². The molecule has 0 aliphatic carbocycles. The van der Waals surface area contributed by atoms with E-state index in [4.69, 9.17) is 20.6 Å². The normalized spacial score (nSPS) is 12.0. The molecule has 3 rings (SSSR count). The first-order valence-electron chi connectivity index (χ1n) is 10.4. The highest BCUT2D eigenvalue weighted by Crippen LogP contribution is 2.29. The molecule has 6 heteroatoms. The van der Waals surface area contributed by atoms with E-state index in [2.05, 4.69) is 5.92 Å². The van der Waals surface area contributed by atoms with E-state index in [1.165, 1.54) is 38.1 Å². The lowest BCUT2D eigenvalue weighted by atomic mass is 10.1. The van der Waals surface area contributed by atoms with Crippen molar-refractivity contribution in [3.8, 4) is 29.6 Å². The molecule has 0 aliphatic heterocycles. The summed E-state index contributed by atoms with van der Waals surface area (Å²) in [6, 6.07) is 22.1. The van der Waals surface area contributed by atoms with Crippen LogP contribution in [0.1, 0.15) is 31.1 Å². The Morgan fingerprint density at radius 1 is 0.939 bits per heavy atom. The number of esters is 1. The van der Waals surface area contributed by atoms with Crippen LogP contribution in [0.25, 0.3) is 0 Å². The zero-order valence-electron chi connectivity index (χ0n) is 18.3. The van der Waals surface area contributed by atoms with Crippen molar-refractivity contribution in [1.29, 1.82) is 0 Å². The van der Waals surface area contributed by atoms with Crippen LogP contribution in [0.5, 0.6) is 17.2 Å². The van der Waals surface area contributed by atoms with Gasteiger partial charge in [-0.25, -0.2) is 0 Å². The lowest BCUT2D eigenvalue weighted by Crippen LogP contribution is -2.31. The van der Waals surface area contributed by atoms with Gasteiger partial charge in [0, 0.05) is 5.56 Å². The highest BCUT2D eigenvalue weighted by molar-refractivity contribution is 5.73. The van der Waals surface area contributed by atoms with E-state index in [0.717, 1.165) is 0 Å². The molecule has 0 amide bonds. The van der Waals surface area contributed by atoms with Gasteiger partial charge in [0.2, 0.25) is 0 Å². The van der Waals surface area contributed by atoms with Crippen molar-refractivity contribution < 1.29 is 27.8 Å². The van der Waals surface area contributed by atoms with E-state index in [0.29, 0.717) is 22.6 Å². The number of terminal acetylenes is 1. The first-order chi connectivity index (χ1) is 15.8. The smallest absolute Gasteiger partial charge is 0.400 e. The molecule has 0 aliphatic rings. The van der Waals surface area contributed by atoms with Crippen LogP contribution in [0.4, 0.5) is 8.78 Å². The monoisotopic (exact) mass is 450 g/mol. The Morgan fingerprint density at radius 2 is 1.61 bits per heavy atom. The molecule has 0 bridgehead atoms. The number of ether oxygens (including phenoxy) is 3. The molecule has 170 valence electrons. The Kier molecular flexibility index (Phi) is 7.68. The average Bonchev–Trinajstić information content (AvgIpc) is 2.79. The predicted octanol–water partition coefficient (Wildman–Crippen LogP) is 6.57. The average molecular weight is 450 g/mol. The van der Waals surface area contributed by atoms with Crippen molar-refractivity contribution in [1.82, 2.24) is 0 Å². The first-order valence-corrected chi connectivity index (χ1v) is 10.4. The Labute approximate surface area is 192 Å². The van der Waals surface area contributed by atoms with E-state index in [1.807, 2.05) is 30.3 Å². The summed E-state index contributed by atoms with van der Waals surface area (Å²) in [5.74, 6) is 2.20. The number of hydrogen-bond acceptors (Lipinski definition) is 4. The standard InChI is InChI=1S/C27H24F2O4/c1-4-25(21-9-8-12-24(18-21)31-22-10-6-5-7-11-22)32-26(30)17-20-13-15-23(16-14-20)33-27(28,29)19(2)3/h1,5-16,18-19,25H,17H2,2-3H3. The number of carbonyl (C=O) groups excluding carboxylic acids is 1. The fraction of sp³-hybridized carbons (Fsp3) is 0.222. The molecular formula is C27H24F2O4. The third kappa shape index (κ3) is 6.81. The minimum atomic E-state index is -3.28. The second kappa shape index (κ2) is 10.6. The van der Waals surface area contributed by atoms with Gasteiger partial charge in [0.05, 0.1) is 12.3 Å². The fourth-order valence-electron chi connectivity index (χ4n) is 2.85. The van der Waals surface area contributed by atoms with Crippen molar-refractivity contribution >= 4 is 5.97 Å².